The Morgan fingerprint density at radius 1 is 0.533 bits per heavy atom. The average Bonchev–Trinajstić information content (AvgIpc) is 3.07. The Kier molecular flexibility index (Phi) is 18.9. The maximum atomic E-state index is 11.6. The van der Waals surface area contributed by atoms with Gasteiger partial charge in [0.15, 0.2) is 18.9 Å². The lowest BCUT2D eigenvalue weighted by molar-refractivity contribution is -0.343. The molecule has 0 aromatic heterocycles. The van der Waals surface area contributed by atoms with E-state index in [1.807, 2.05) is 0 Å². The largest absolute Gasteiger partial charge is 0.382 e. The molecule has 2 saturated heterocycles. The molecule has 0 N–H and O–H groups in total. The number of aldehydes is 1. The summed E-state index contributed by atoms with van der Waals surface area (Å²) in [6.45, 7) is 0.222. The lowest BCUT2D eigenvalue weighted by Crippen LogP contribution is -2.63. The molecule has 0 radical (unpaired) electrons. The first-order valence-corrected chi connectivity index (χ1v) is 14.6. The van der Waals surface area contributed by atoms with Gasteiger partial charge in [0.2, 0.25) is 0 Å². The molecule has 16 heteroatoms. The Bertz CT molecular complexity index is 793. The molecule has 0 spiro atoms. The van der Waals surface area contributed by atoms with Gasteiger partial charge in [0.1, 0.15) is 73.2 Å². The van der Waals surface area contributed by atoms with Gasteiger partial charge in [-0.1, -0.05) is 0 Å². The van der Waals surface area contributed by atoms with Crippen LogP contribution >= 0.6 is 0 Å². The summed E-state index contributed by atoms with van der Waals surface area (Å²) in [4.78, 5) is 11.6. The minimum atomic E-state index is -0.947. The average molecular weight is 659 g/mol. The molecule has 2 aliphatic heterocycles. The van der Waals surface area contributed by atoms with Crippen molar-refractivity contribution in [3.05, 3.63) is 0 Å². The molecule has 0 amide bonds. The molecule has 0 saturated carbocycles. The molecule has 0 bridgehead atoms. The van der Waals surface area contributed by atoms with Gasteiger partial charge in [-0.2, -0.15) is 0 Å². The van der Waals surface area contributed by atoms with Gasteiger partial charge in [-0.15, -0.1) is 0 Å². The van der Waals surface area contributed by atoms with E-state index in [0.717, 1.165) is 0 Å². The minimum Gasteiger partial charge on any atom is -0.382 e. The van der Waals surface area contributed by atoms with Gasteiger partial charge in [0, 0.05) is 78.2 Å². The van der Waals surface area contributed by atoms with Crippen molar-refractivity contribution in [2.75, 3.05) is 98.0 Å². The monoisotopic (exact) mass is 658 g/mol. The first-order chi connectivity index (χ1) is 21.8. The van der Waals surface area contributed by atoms with Crippen molar-refractivity contribution in [1.29, 1.82) is 0 Å². The predicted octanol–water partition coefficient (Wildman–Crippen LogP) is -0.535. The number of rotatable bonds is 22. The third-order valence-electron chi connectivity index (χ3n) is 8.26. The van der Waals surface area contributed by atoms with Gasteiger partial charge >= 0.3 is 0 Å². The fraction of sp³-hybridized carbons (Fsp3) is 0.966. The lowest BCUT2D eigenvalue weighted by atomic mass is 9.97. The maximum absolute atomic E-state index is 11.6. The molecule has 0 aromatic carbocycles. The van der Waals surface area contributed by atoms with E-state index in [9.17, 15) is 4.79 Å². The topological polar surface area (TPSA) is 156 Å². The third-order valence-corrected chi connectivity index (χ3v) is 8.26. The van der Waals surface area contributed by atoms with Crippen molar-refractivity contribution in [1.82, 2.24) is 0 Å². The summed E-state index contributed by atoms with van der Waals surface area (Å²) in [6, 6.07) is 0. The van der Waals surface area contributed by atoms with E-state index in [-0.39, 0.29) is 19.8 Å². The summed E-state index contributed by atoms with van der Waals surface area (Å²) in [5.41, 5.74) is 0. The van der Waals surface area contributed by atoms with Crippen molar-refractivity contribution in [3.63, 3.8) is 0 Å². The molecule has 0 aromatic rings. The zero-order valence-electron chi connectivity index (χ0n) is 28.3. The Labute approximate surface area is 266 Å². The van der Waals surface area contributed by atoms with E-state index in [1.54, 1.807) is 42.7 Å². The van der Waals surface area contributed by atoms with Crippen LogP contribution in [-0.4, -0.2) is 190 Å². The first-order valence-electron chi connectivity index (χ1n) is 14.6. The van der Waals surface area contributed by atoms with Crippen LogP contribution in [0.2, 0.25) is 0 Å². The molecule has 2 fully saturated rings. The molecule has 14 atom stereocenters. The second-order valence-electron chi connectivity index (χ2n) is 10.4. The van der Waals surface area contributed by atoms with Crippen LogP contribution in [0, 0.1) is 0 Å². The summed E-state index contributed by atoms with van der Waals surface area (Å²) in [7, 11) is 16.7. The normalized spacial score (nSPS) is 35.1. The molecular formula is C29H54O16. The van der Waals surface area contributed by atoms with E-state index < -0.39 is 85.8 Å². The van der Waals surface area contributed by atoms with Crippen molar-refractivity contribution in [2.45, 2.75) is 85.8 Å². The molecule has 2 heterocycles. The Morgan fingerprint density at radius 2 is 1.00 bits per heavy atom. The molecule has 2 rings (SSSR count). The number of hydrogen-bond donors (Lipinski definition) is 0. The Morgan fingerprint density at radius 3 is 1.38 bits per heavy atom. The SMILES string of the molecule is COCC1OC(OC[C@H]2OC(OCC(OC)C(OC)C(OC)C(C=O)OC)[C@H](OC)[C@@H](OC)[C@@H]2OC)C(OC)C(OC)C1OC. The highest BCUT2D eigenvalue weighted by Crippen LogP contribution is 2.32. The van der Waals surface area contributed by atoms with E-state index in [2.05, 4.69) is 0 Å². The fourth-order valence-electron chi connectivity index (χ4n) is 5.96. The van der Waals surface area contributed by atoms with Crippen LogP contribution in [-0.2, 0) is 75.8 Å². The maximum Gasteiger partial charge on any atom is 0.187 e. The highest BCUT2D eigenvalue weighted by atomic mass is 16.8. The smallest absolute Gasteiger partial charge is 0.187 e. The summed E-state index contributed by atoms with van der Waals surface area (Å²) < 4.78 is 87.1. The molecule has 10 unspecified atom stereocenters. The second kappa shape index (κ2) is 21.1. The molecule has 0 aliphatic carbocycles. The number of hydrogen-bond acceptors (Lipinski definition) is 16. The number of carbonyl (C=O) groups excluding carboxylic acids is 1. The van der Waals surface area contributed by atoms with Crippen LogP contribution in [0.15, 0.2) is 0 Å². The van der Waals surface area contributed by atoms with Gasteiger partial charge in [-0.05, 0) is 0 Å². The van der Waals surface area contributed by atoms with Gasteiger partial charge < -0.3 is 75.8 Å². The predicted molar refractivity (Wildman–Crippen MR) is 155 cm³/mol. The zero-order valence-corrected chi connectivity index (χ0v) is 28.3. The summed E-state index contributed by atoms with van der Waals surface area (Å²) in [6.07, 6.45) is -8.93. The van der Waals surface area contributed by atoms with Crippen molar-refractivity contribution < 1.29 is 75.8 Å². The standard InChI is InChI=1S/C29H54O16/c1-31-13-18-22(36-6)24(38-8)26(40-10)29(44-18)43-15-19-23(37-7)25(39-9)27(41-11)28(45-19)42-14-17(33-3)21(35-5)20(34-4)16(12-30)32-2/h12,16-29H,13-15H2,1-11H3/t16?,17?,18?,19-,20?,21?,22?,23-,24?,25+,26?,27-,28?,29?/m1/s1. The summed E-state index contributed by atoms with van der Waals surface area (Å²) >= 11 is 0. The fourth-order valence-corrected chi connectivity index (χ4v) is 5.96. The van der Waals surface area contributed by atoms with Crippen molar-refractivity contribution >= 4 is 6.29 Å². The lowest BCUT2D eigenvalue weighted by Gasteiger charge is -2.47. The molecule has 45 heavy (non-hydrogen) atoms. The van der Waals surface area contributed by atoms with Crippen LogP contribution in [0.25, 0.3) is 0 Å². The molecular weight excluding hydrogens is 604 g/mol. The van der Waals surface area contributed by atoms with Gasteiger partial charge in [-0.3, -0.25) is 0 Å². The quantitative estimate of drug-likeness (QED) is 0.137. The zero-order chi connectivity index (χ0) is 33.5. The van der Waals surface area contributed by atoms with Gasteiger partial charge in [-0.25, -0.2) is 0 Å². The number of ether oxygens (including phenoxy) is 15. The van der Waals surface area contributed by atoms with Crippen LogP contribution in [0.4, 0.5) is 0 Å². The second-order valence-corrected chi connectivity index (χ2v) is 10.4. The van der Waals surface area contributed by atoms with E-state index in [4.69, 9.17) is 71.1 Å². The first kappa shape index (κ1) is 40.2. The van der Waals surface area contributed by atoms with Crippen molar-refractivity contribution in [3.8, 4) is 0 Å². The van der Waals surface area contributed by atoms with Gasteiger partial charge in [0.05, 0.1) is 19.8 Å². The van der Waals surface area contributed by atoms with Crippen LogP contribution in [0.5, 0.6) is 0 Å². The van der Waals surface area contributed by atoms with Gasteiger partial charge in [0.25, 0.3) is 0 Å². The van der Waals surface area contributed by atoms with Crippen LogP contribution in [0.3, 0.4) is 0 Å². The highest BCUT2D eigenvalue weighted by molar-refractivity contribution is 5.57. The molecule has 16 nitrogen and oxygen atoms in total. The molecule has 2 aliphatic rings. The van der Waals surface area contributed by atoms with Crippen molar-refractivity contribution in [2.24, 2.45) is 0 Å². The third kappa shape index (κ3) is 9.81. The number of carbonyl (C=O) groups is 1. The van der Waals surface area contributed by atoms with Crippen LogP contribution < -0.4 is 0 Å². The van der Waals surface area contributed by atoms with E-state index in [0.29, 0.717) is 6.29 Å². The highest BCUT2D eigenvalue weighted by Gasteiger charge is 2.51. The molecule has 266 valence electrons. The minimum absolute atomic E-state index is 0.00196. The number of methoxy groups -OCH3 is 11. The van der Waals surface area contributed by atoms with E-state index >= 15 is 0 Å². The van der Waals surface area contributed by atoms with Crippen LogP contribution in [0.1, 0.15) is 0 Å². The Hall–Kier alpha value is -0.930. The summed E-state index contributed by atoms with van der Waals surface area (Å²) in [5, 5.41) is 0. The summed E-state index contributed by atoms with van der Waals surface area (Å²) in [5.74, 6) is 0. The van der Waals surface area contributed by atoms with E-state index in [1.165, 1.54) is 35.5 Å². The Balaban J connectivity index is 2.26.